The van der Waals surface area contributed by atoms with Crippen LogP contribution >= 0.6 is 0 Å². The maximum Gasteiger partial charge on any atom is 0.148 e. The van der Waals surface area contributed by atoms with Crippen LogP contribution in [0.2, 0.25) is 0 Å². The van der Waals surface area contributed by atoms with E-state index in [0.717, 1.165) is 43.8 Å². The first-order valence-electron chi connectivity index (χ1n) is 21.4. The van der Waals surface area contributed by atoms with Crippen molar-refractivity contribution >= 4 is 66.4 Å². The van der Waals surface area contributed by atoms with E-state index in [2.05, 4.69) is 12.1 Å². The van der Waals surface area contributed by atoms with E-state index < -0.39 is 23.3 Å². The van der Waals surface area contributed by atoms with Crippen LogP contribution in [0.3, 0.4) is 0 Å². The molecule has 0 amide bonds. The van der Waals surface area contributed by atoms with Crippen LogP contribution in [0.4, 0.5) is 51.7 Å². The summed E-state index contributed by atoms with van der Waals surface area (Å²) in [6, 6.07) is 49.0. The molecule has 0 bridgehead atoms. The third kappa shape index (κ3) is 6.83. The highest BCUT2D eigenvalue weighted by Gasteiger charge is 2.27. The maximum atomic E-state index is 16.9. The third-order valence-corrected chi connectivity index (χ3v) is 13.0. The van der Waals surface area contributed by atoms with Crippen LogP contribution in [0.25, 0.3) is 54.6 Å². The van der Waals surface area contributed by atoms with Gasteiger partial charge in [0.2, 0.25) is 0 Å². The van der Waals surface area contributed by atoms with Gasteiger partial charge >= 0.3 is 0 Å². The first kappa shape index (κ1) is 41.5. The summed E-state index contributed by atoms with van der Waals surface area (Å²) in [7, 11) is 0. The Morgan fingerprint density at radius 2 is 0.758 bits per heavy atom. The van der Waals surface area contributed by atoms with Crippen molar-refractivity contribution in [3.05, 3.63) is 214 Å². The fourth-order valence-corrected chi connectivity index (χ4v) is 9.26. The molecule has 0 N–H and O–H groups in total. The second kappa shape index (κ2) is 16.3. The van der Waals surface area contributed by atoms with Crippen LogP contribution < -0.4 is 9.80 Å². The van der Waals surface area contributed by atoms with E-state index in [1.165, 1.54) is 24.3 Å². The Labute approximate surface area is 379 Å². The topological polar surface area (TPSA) is 54.1 Å². The number of hydrogen-bond donors (Lipinski definition) is 0. The van der Waals surface area contributed by atoms with E-state index >= 15 is 17.6 Å². The molecular formula is C58H38F4N4. The fraction of sp³-hybridized carbons (Fsp3) is 0.0690. The lowest BCUT2D eigenvalue weighted by Crippen LogP contribution is -2.14. The van der Waals surface area contributed by atoms with Gasteiger partial charge < -0.3 is 9.80 Å². The zero-order chi connectivity index (χ0) is 46.0. The molecule has 0 unspecified atom stereocenters. The van der Waals surface area contributed by atoms with Crippen LogP contribution in [0, 0.1) is 73.6 Å². The molecule has 10 aromatic rings. The quantitative estimate of drug-likeness (QED) is 0.113. The number of rotatable bonds is 8. The highest BCUT2D eigenvalue weighted by molar-refractivity contribution is 6.28. The van der Waals surface area contributed by atoms with Crippen molar-refractivity contribution in [2.45, 2.75) is 27.7 Å². The van der Waals surface area contributed by atoms with E-state index in [0.29, 0.717) is 55.8 Å². The summed E-state index contributed by atoms with van der Waals surface area (Å²) in [6.07, 6.45) is 0. The van der Waals surface area contributed by atoms with Crippen LogP contribution in [-0.4, -0.2) is 0 Å². The number of benzene rings is 10. The third-order valence-electron chi connectivity index (χ3n) is 13.0. The van der Waals surface area contributed by atoms with E-state index in [1.54, 1.807) is 70.5 Å². The van der Waals surface area contributed by atoms with Crippen molar-refractivity contribution in [1.29, 1.82) is 10.5 Å². The number of anilines is 6. The van der Waals surface area contributed by atoms with Gasteiger partial charge in [0, 0.05) is 45.4 Å². The van der Waals surface area contributed by atoms with Crippen molar-refractivity contribution in [2.24, 2.45) is 0 Å². The molecular weight excluding hydrogens is 829 g/mol. The van der Waals surface area contributed by atoms with Crippen molar-refractivity contribution in [3.8, 4) is 34.4 Å². The SMILES string of the molecule is Cc1cccc(-c2cc(F)c(N(c3ccc(C#N)cc3)c3ccc4ccc5c(N(c6ccc(C#N)cc6)c6cc(F)c(-c7cccc(C)c7C)cc6F)ccc6ccc3c4c65)cc2F)c1C. The Morgan fingerprint density at radius 3 is 1.14 bits per heavy atom. The van der Waals surface area contributed by atoms with E-state index in [-0.39, 0.29) is 22.5 Å². The average Bonchev–Trinajstić information content (AvgIpc) is 3.33. The van der Waals surface area contributed by atoms with Gasteiger partial charge in [-0.25, -0.2) is 17.6 Å². The van der Waals surface area contributed by atoms with E-state index in [4.69, 9.17) is 0 Å². The Hall–Kier alpha value is -8.46. The first-order chi connectivity index (χ1) is 31.9. The second-order valence-electron chi connectivity index (χ2n) is 16.6. The normalized spacial score (nSPS) is 11.3. The van der Waals surface area contributed by atoms with Gasteiger partial charge in [0.1, 0.15) is 23.3 Å². The first-order valence-corrected chi connectivity index (χ1v) is 21.4. The van der Waals surface area contributed by atoms with Crippen LogP contribution in [0.15, 0.2) is 158 Å². The smallest absolute Gasteiger partial charge is 0.148 e. The van der Waals surface area contributed by atoms with E-state index in [9.17, 15) is 10.5 Å². The van der Waals surface area contributed by atoms with Gasteiger partial charge in [-0.15, -0.1) is 0 Å². The predicted molar refractivity (Wildman–Crippen MR) is 259 cm³/mol. The zero-order valence-corrected chi connectivity index (χ0v) is 36.3. The van der Waals surface area contributed by atoms with Crippen LogP contribution in [0.5, 0.6) is 0 Å². The lowest BCUT2D eigenvalue weighted by atomic mass is 9.91. The number of nitriles is 2. The molecule has 0 saturated carbocycles. The summed E-state index contributed by atoms with van der Waals surface area (Å²) < 4.78 is 66.8. The van der Waals surface area contributed by atoms with Gasteiger partial charge in [0.05, 0.1) is 46.0 Å². The highest BCUT2D eigenvalue weighted by Crippen LogP contribution is 2.49. The largest absolute Gasteiger partial charge is 0.307 e. The van der Waals surface area contributed by atoms with Crippen LogP contribution in [0.1, 0.15) is 33.4 Å². The molecule has 0 aromatic heterocycles. The Bertz CT molecular complexity index is 3420. The summed E-state index contributed by atoms with van der Waals surface area (Å²) in [4.78, 5) is 3.33. The molecule has 66 heavy (non-hydrogen) atoms. The van der Waals surface area contributed by atoms with Gasteiger partial charge in [-0.1, -0.05) is 72.8 Å². The standard InChI is InChI=1S/C58H38F4N4/c1-33-7-5-9-43(35(33)3)47-27-51(61)55(29-49(47)59)65(41-19-11-37(31-63)12-20-41)53-25-17-39-16-24-46-54(26-18-40-15-23-45(53)57(39)58(40)46)66(42-21-13-38(32-64)14-22-42)56-30-50(60)48(28-52(56)62)44-10-6-8-34(2)36(44)4/h5-30H,1-4H3. The van der Waals surface area contributed by atoms with Gasteiger partial charge in [0.15, 0.2) is 0 Å². The van der Waals surface area contributed by atoms with Crippen LogP contribution in [-0.2, 0) is 0 Å². The van der Waals surface area contributed by atoms with Crippen molar-refractivity contribution < 1.29 is 17.6 Å². The molecule has 0 atom stereocenters. The summed E-state index contributed by atoms with van der Waals surface area (Å²) in [6.45, 7) is 7.63. The second-order valence-corrected chi connectivity index (χ2v) is 16.6. The van der Waals surface area contributed by atoms with Crippen molar-refractivity contribution in [2.75, 3.05) is 9.80 Å². The zero-order valence-electron chi connectivity index (χ0n) is 36.3. The summed E-state index contributed by atoms with van der Waals surface area (Å²) >= 11 is 0. The lowest BCUT2D eigenvalue weighted by Gasteiger charge is -2.30. The van der Waals surface area contributed by atoms with Gasteiger partial charge in [-0.3, -0.25) is 0 Å². The molecule has 10 rings (SSSR count). The fourth-order valence-electron chi connectivity index (χ4n) is 9.26. The van der Waals surface area contributed by atoms with Gasteiger partial charge in [-0.05, 0) is 155 Å². The molecule has 0 saturated heterocycles. The molecule has 0 radical (unpaired) electrons. The molecule has 0 spiro atoms. The number of halogens is 4. The van der Waals surface area contributed by atoms with Gasteiger partial charge in [0.25, 0.3) is 0 Å². The molecule has 318 valence electrons. The maximum absolute atomic E-state index is 16.9. The molecule has 0 fully saturated rings. The molecule has 8 heteroatoms. The predicted octanol–water partition coefficient (Wildman–Crippen LogP) is 16.4. The number of nitrogens with zero attached hydrogens (tertiary/aromatic N) is 4. The Morgan fingerprint density at radius 1 is 0.379 bits per heavy atom. The summed E-state index contributed by atoms with van der Waals surface area (Å²) in [5, 5.41) is 24.1. The van der Waals surface area contributed by atoms with Gasteiger partial charge in [-0.2, -0.15) is 10.5 Å². The molecule has 0 aliphatic carbocycles. The highest BCUT2D eigenvalue weighted by atomic mass is 19.1. The minimum absolute atomic E-state index is 0.0317. The summed E-state index contributed by atoms with van der Waals surface area (Å²) in [5.74, 6) is -2.51. The van der Waals surface area contributed by atoms with Crippen molar-refractivity contribution in [1.82, 2.24) is 0 Å². The number of aryl methyl sites for hydroxylation is 2. The molecule has 0 aliphatic rings. The monoisotopic (exact) mass is 866 g/mol. The minimum atomic E-state index is -0.652. The Balaban J connectivity index is 1.20. The minimum Gasteiger partial charge on any atom is -0.307 e. The number of hydrogen-bond acceptors (Lipinski definition) is 4. The average molecular weight is 867 g/mol. The molecule has 0 aliphatic heterocycles. The lowest BCUT2D eigenvalue weighted by molar-refractivity contribution is 0.604. The summed E-state index contributed by atoms with van der Waals surface area (Å²) in [5.41, 5.74) is 7.90. The Kier molecular flexibility index (Phi) is 10.2. The molecule has 4 nitrogen and oxygen atoms in total. The van der Waals surface area contributed by atoms with Crippen molar-refractivity contribution in [3.63, 3.8) is 0 Å². The molecule has 10 aromatic carbocycles. The molecule has 0 heterocycles. The van der Waals surface area contributed by atoms with E-state index in [1.807, 2.05) is 100 Å².